The number of alkyl halides is 3. The molecule has 0 atom stereocenters. The average molecular weight is 361 g/mol. The summed E-state index contributed by atoms with van der Waals surface area (Å²) in [5.41, 5.74) is -0.499. The fourth-order valence-corrected chi connectivity index (χ4v) is 3.68. The highest BCUT2D eigenvalue weighted by atomic mass is 35.5. The molecular weight excluding hydrogens is 341 g/mol. The molecule has 5 heteroatoms. The molecule has 0 saturated heterocycles. The third-order valence-corrected chi connectivity index (χ3v) is 5.55. The van der Waals surface area contributed by atoms with Gasteiger partial charge in [-0.05, 0) is 61.6 Å². The summed E-state index contributed by atoms with van der Waals surface area (Å²) in [7, 11) is 0. The van der Waals surface area contributed by atoms with Crippen molar-refractivity contribution >= 4 is 28.9 Å². The summed E-state index contributed by atoms with van der Waals surface area (Å²) < 4.78 is 39.7. The molecule has 126 valence electrons. The monoisotopic (exact) mass is 360 g/mol. The molecule has 1 fully saturated rings. The van der Waals surface area contributed by atoms with E-state index in [4.69, 9.17) is 11.6 Å². The maximum atomic E-state index is 13.2. The smallest absolute Gasteiger partial charge is 0.166 e. The van der Waals surface area contributed by atoms with Crippen molar-refractivity contribution in [3.05, 3.63) is 53.1 Å². The molecule has 1 aliphatic rings. The van der Waals surface area contributed by atoms with E-state index in [2.05, 4.69) is 6.26 Å². The Hall–Kier alpha value is -0.870. The van der Waals surface area contributed by atoms with Crippen LogP contribution in [-0.2, 0) is 0 Å². The van der Waals surface area contributed by atoms with Gasteiger partial charge in [0.25, 0.3) is 0 Å². The van der Waals surface area contributed by atoms with Gasteiger partial charge in [0, 0.05) is 10.3 Å². The summed E-state index contributed by atoms with van der Waals surface area (Å²) in [6, 6.07) is 5.76. The molecule has 0 amide bonds. The molecule has 0 aliphatic heterocycles. The standard InChI is InChI=1S/C18H20ClF3S/c1-23-16-11-5-13(6-12-16)3-2-4-17(18(20,21)22)14-7-9-15(19)10-8-14/h2-4,7-10,13,16H,5-6,11-12H2,1H3. The van der Waals surface area contributed by atoms with Gasteiger partial charge in [-0.2, -0.15) is 24.9 Å². The Morgan fingerprint density at radius 1 is 1.13 bits per heavy atom. The van der Waals surface area contributed by atoms with Gasteiger partial charge in [0.05, 0.1) is 5.57 Å². The van der Waals surface area contributed by atoms with Crippen LogP contribution in [0.5, 0.6) is 0 Å². The summed E-state index contributed by atoms with van der Waals surface area (Å²) >= 11 is 7.63. The number of benzene rings is 1. The third-order valence-electron chi connectivity index (χ3n) is 4.16. The molecule has 0 heterocycles. The van der Waals surface area contributed by atoms with Crippen molar-refractivity contribution in [3.8, 4) is 0 Å². The number of thioether (sulfide) groups is 1. The molecule has 1 aromatic carbocycles. The molecule has 2 rings (SSSR count). The van der Waals surface area contributed by atoms with Gasteiger partial charge in [0.2, 0.25) is 0 Å². The predicted molar refractivity (Wildman–Crippen MR) is 93.9 cm³/mol. The first kappa shape index (κ1) is 18.5. The highest BCUT2D eigenvalue weighted by molar-refractivity contribution is 7.99. The van der Waals surface area contributed by atoms with Crippen LogP contribution >= 0.6 is 23.4 Å². The molecule has 0 N–H and O–H groups in total. The van der Waals surface area contributed by atoms with E-state index in [0.29, 0.717) is 16.2 Å². The zero-order valence-electron chi connectivity index (χ0n) is 12.9. The van der Waals surface area contributed by atoms with Gasteiger partial charge >= 0.3 is 6.18 Å². The molecule has 0 unspecified atom stereocenters. The lowest BCUT2D eigenvalue weighted by atomic mass is 9.88. The topological polar surface area (TPSA) is 0 Å². The Labute approximate surface area is 144 Å². The van der Waals surface area contributed by atoms with E-state index in [0.717, 1.165) is 25.7 Å². The fourth-order valence-electron chi connectivity index (χ4n) is 2.81. The number of hydrogen-bond acceptors (Lipinski definition) is 1. The van der Waals surface area contributed by atoms with Crippen LogP contribution in [-0.4, -0.2) is 17.7 Å². The van der Waals surface area contributed by atoms with Crippen LogP contribution in [0.15, 0.2) is 42.5 Å². The SMILES string of the molecule is CSC1CCC(C=CC=C(c2ccc(Cl)cc2)C(F)(F)F)CC1. The summed E-state index contributed by atoms with van der Waals surface area (Å²) in [4.78, 5) is 0. The van der Waals surface area contributed by atoms with Gasteiger partial charge in [-0.15, -0.1) is 0 Å². The lowest BCUT2D eigenvalue weighted by molar-refractivity contribution is -0.0689. The minimum absolute atomic E-state index is 0.137. The van der Waals surface area contributed by atoms with Gasteiger partial charge in [0.15, 0.2) is 0 Å². The molecule has 0 aromatic heterocycles. The lowest BCUT2D eigenvalue weighted by Crippen LogP contribution is -2.14. The molecule has 0 spiro atoms. The Morgan fingerprint density at radius 3 is 2.26 bits per heavy atom. The first-order chi connectivity index (χ1) is 10.9. The van der Waals surface area contributed by atoms with E-state index in [-0.39, 0.29) is 5.56 Å². The maximum Gasteiger partial charge on any atom is 0.416 e. The second-order valence-electron chi connectivity index (χ2n) is 5.74. The van der Waals surface area contributed by atoms with Crippen LogP contribution in [0.4, 0.5) is 13.2 Å². The van der Waals surface area contributed by atoms with Crippen LogP contribution in [0, 0.1) is 5.92 Å². The van der Waals surface area contributed by atoms with Crippen molar-refractivity contribution in [2.24, 2.45) is 5.92 Å². The molecule has 1 aliphatic carbocycles. The Kier molecular flexibility index (Phi) is 6.66. The minimum Gasteiger partial charge on any atom is -0.166 e. The Balaban J connectivity index is 2.09. The average Bonchev–Trinajstić information content (AvgIpc) is 2.52. The number of halogens is 4. The summed E-state index contributed by atoms with van der Waals surface area (Å²) in [5.74, 6) is 0.384. The first-order valence-corrected chi connectivity index (χ1v) is 9.31. The van der Waals surface area contributed by atoms with Gasteiger partial charge < -0.3 is 0 Å². The van der Waals surface area contributed by atoms with Gasteiger partial charge in [-0.1, -0.05) is 35.9 Å². The highest BCUT2D eigenvalue weighted by Gasteiger charge is 2.34. The van der Waals surface area contributed by atoms with E-state index >= 15 is 0 Å². The Bertz CT molecular complexity index is 553. The highest BCUT2D eigenvalue weighted by Crippen LogP contribution is 2.35. The quantitative estimate of drug-likeness (QED) is 0.534. The van der Waals surface area contributed by atoms with Crippen molar-refractivity contribution in [3.63, 3.8) is 0 Å². The Morgan fingerprint density at radius 2 is 1.74 bits per heavy atom. The molecule has 0 nitrogen and oxygen atoms in total. The van der Waals surface area contributed by atoms with E-state index in [9.17, 15) is 13.2 Å². The van der Waals surface area contributed by atoms with Crippen molar-refractivity contribution < 1.29 is 13.2 Å². The number of hydrogen-bond donors (Lipinski definition) is 0. The van der Waals surface area contributed by atoms with Crippen LogP contribution < -0.4 is 0 Å². The molecule has 23 heavy (non-hydrogen) atoms. The second-order valence-corrected chi connectivity index (χ2v) is 7.32. The molecule has 1 saturated carbocycles. The van der Waals surface area contributed by atoms with Crippen molar-refractivity contribution in [1.82, 2.24) is 0 Å². The predicted octanol–water partition coefficient (Wildman–Crippen LogP) is 6.76. The normalized spacial score (nSPS) is 23.4. The molecule has 1 aromatic rings. The largest absolute Gasteiger partial charge is 0.416 e. The zero-order chi connectivity index (χ0) is 16.9. The minimum atomic E-state index is -4.38. The first-order valence-electron chi connectivity index (χ1n) is 7.64. The van der Waals surface area contributed by atoms with Gasteiger partial charge in [-0.25, -0.2) is 0 Å². The second kappa shape index (κ2) is 8.29. The van der Waals surface area contributed by atoms with Gasteiger partial charge in [-0.3, -0.25) is 0 Å². The third kappa shape index (κ3) is 5.61. The van der Waals surface area contributed by atoms with E-state index in [1.54, 1.807) is 6.08 Å². The summed E-state index contributed by atoms with van der Waals surface area (Å²) in [6.07, 6.45) is 6.77. The van der Waals surface area contributed by atoms with Gasteiger partial charge in [0.1, 0.15) is 0 Å². The molecule has 0 bridgehead atoms. The van der Waals surface area contributed by atoms with E-state index in [1.165, 1.54) is 30.3 Å². The van der Waals surface area contributed by atoms with Crippen LogP contribution in [0.1, 0.15) is 31.2 Å². The lowest BCUT2D eigenvalue weighted by Gasteiger charge is -2.25. The number of rotatable bonds is 4. The molecule has 0 radical (unpaired) electrons. The van der Waals surface area contributed by atoms with Crippen molar-refractivity contribution in [1.29, 1.82) is 0 Å². The fraction of sp³-hybridized carbons (Fsp3) is 0.444. The molecular formula is C18H20ClF3S. The van der Waals surface area contributed by atoms with E-state index in [1.807, 2.05) is 17.8 Å². The maximum absolute atomic E-state index is 13.2. The van der Waals surface area contributed by atoms with Crippen molar-refractivity contribution in [2.75, 3.05) is 6.26 Å². The van der Waals surface area contributed by atoms with Crippen LogP contribution in [0.25, 0.3) is 5.57 Å². The van der Waals surface area contributed by atoms with Crippen molar-refractivity contribution in [2.45, 2.75) is 37.1 Å². The summed E-state index contributed by atoms with van der Waals surface area (Å²) in [5, 5.41) is 1.13. The van der Waals surface area contributed by atoms with Crippen LogP contribution in [0.2, 0.25) is 5.02 Å². The van der Waals surface area contributed by atoms with Crippen LogP contribution in [0.3, 0.4) is 0 Å². The number of allylic oxidation sites excluding steroid dienone is 4. The van der Waals surface area contributed by atoms with E-state index < -0.39 is 11.7 Å². The zero-order valence-corrected chi connectivity index (χ0v) is 14.5. The summed E-state index contributed by atoms with van der Waals surface area (Å²) in [6.45, 7) is 0.